The summed E-state index contributed by atoms with van der Waals surface area (Å²) in [5, 5.41) is 12.2. The molecule has 0 heterocycles. The second-order valence-corrected chi connectivity index (χ2v) is 5.56. The van der Waals surface area contributed by atoms with E-state index < -0.39 is 0 Å². The molecule has 0 radical (unpaired) electrons. The van der Waals surface area contributed by atoms with Gasteiger partial charge in [0.2, 0.25) is 0 Å². The molecule has 18 heavy (non-hydrogen) atoms. The minimum Gasteiger partial charge on any atom is -0.380 e. The SMILES string of the molecule is N#Cc1cccc(CNc2ccc(Br)cc2Br)c1. The monoisotopic (exact) mass is 364 g/mol. The van der Waals surface area contributed by atoms with E-state index in [9.17, 15) is 0 Å². The molecule has 4 heteroatoms. The van der Waals surface area contributed by atoms with Gasteiger partial charge in [0.15, 0.2) is 0 Å². The minimum atomic E-state index is 0.684. The third kappa shape index (κ3) is 3.34. The van der Waals surface area contributed by atoms with Crippen LogP contribution < -0.4 is 5.32 Å². The lowest BCUT2D eigenvalue weighted by Gasteiger charge is -2.09. The van der Waals surface area contributed by atoms with Gasteiger partial charge in [-0.15, -0.1) is 0 Å². The van der Waals surface area contributed by atoms with Crippen LogP contribution in [-0.4, -0.2) is 0 Å². The van der Waals surface area contributed by atoms with Gasteiger partial charge in [0.25, 0.3) is 0 Å². The highest BCUT2D eigenvalue weighted by Crippen LogP contribution is 2.26. The molecule has 2 aromatic rings. The van der Waals surface area contributed by atoms with Crippen LogP contribution in [-0.2, 0) is 6.54 Å². The molecule has 90 valence electrons. The average Bonchev–Trinajstić information content (AvgIpc) is 2.38. The summed E-state index contributed by atoms with van der Waals surface area (Å²) in [6.07, 6.45) is 0. The second kappa shape index (κ2) is 6.03. The molecule has 0 aliphatic carbocycles. The van der Waals surface area contributed by atoms with Crippen molar-refractivity contribution in [3.05, 3.63) is 62.5 Å². The molecule has 2 nitrogen and oxygen atoms in total. The largest absolute Gasteiger partial charge is 0.380 e. The Morgan fingerprint density at radius 1 is 1.11 bits per heavy atom. The fraction of sp³-hybridized carbons (Fsp3) is 0.0714. The summed E-state index contributed by atoms with van der Waals surface area (Å²) < 4.78 is 2.04. The van der Waals surface area contributed by atoms with Crippen LogP contribution in [0.3, 0.4) is 0 Å². The zero-order chi connectivity index (χ0) is 13.0. The van der Waals surface area contributed by atoms with Gasteiger partial charge >= 0.3 is 0 Å². The van der Waals surface area contributed by atoms with Gasteiger partial charge in [0.1, 0.15) is 0 Å². The number of rotatable bonds is 3. The normalized spacial score (nSPS) is 9.83. The van der Waals surface area contributed by atoms with Gasteiger partial charge in [0.05, 0.1) is 11.6 Å². The summed E-state index contributed by atoms with van der Waals surface area (Å²) in [5.41, 5.74) is 2.80. The highest BCUT2D eigenvalue weighted by Gasteiger charge is 2.01. The van der Waals surface area contributed by atoms with E-state index >= 15 is 0 Å². The van der Waals surface area contributed by atoms with Crippen molar-refractivity contribution in [2.75, 3.05) is 5.32 Å². The summed E-state index contributed by atoms with van der Waals surface area (Å²) in [7, 11) is 0. The van der Waals surface area contributed by atoms with Crippen LogP contribution in [0.5, 0.6) is 0 Å². The Morgan fingerprint density at radius 2 is 1.94 bits per heavy atom. The topological polar surface area (TPSA) is 35.8 Å². The Kier molecular flexibility index (Phi) is 4.40. The average molecular weight is 366 g/mol. The van der Waals surface area contributed by atoms with E-state index in [4.69, 9.17) is 5.26 Å². The van der Waals surface area contributed by atoms with Crippen molar-refractivity contribution < 1.29 is 0 Å². The molecule has 0 aromatic heterocycles. The fourth-order valence-corrected chi connectivity index (χ4v) is 2.77. The van der Waals surface area contributed by atoms with E-state index in [1.807, 2.05) is 36.4 Å². The number of hydrogen-bond donors (Lipinski definition) is 1. The molecule has 0 spiro atoms. The van der Waals surface area contributed by atoms with Crippen LogP contribution in [0.15, 0.2) is 51.4 Å². The molecule has 2 rings (SSSR count). The molecule has 0 atom stereocenters. The van der Waals surface area contributed by atoms with Crippen molar-refractivity contribution in [1.82, 2.24) is 0 Å². The van der Waals surface area contributed by atoms with E-state index in [-0.39, 0.29) is 0 Å². The van der Waals surface area contributed by atoms with Crippen molar-refractivity contribution in [1.29, 1.82) is 5.26 Å². The molecule has 0 saturated carbocycles. The minimum absolute atomic E-state index is 0.684. The Balaban J connectivity index is 2.09. The lowest BCUT2D eigenvalue weighted by molar-refractivity contribution is 1.14. The summed E-state index contributed by atoms with van der Waals surface area (Å²) >= 11 is 6.92. The van der Waals surface area contributed by atoms with E-state index in [1.54, 1.807) is 6.07 Å². The quantitative estimate of drug-likeness (QED) is 0.855. The van der Waals surface area contributed by atoms with Gasteiger partial charge in [-0.1, -0.05) is 28.1 Å². The molecule has 2 aromatic carbocycles. The Bertz CT molecular complexity index is 603. The number of anilines is 1. The zero-order valence-corrected chi connectivity index (χ0v) is 12.6. The predicted molar refractivity (Wildman–Crippen MR) is 80.3 cm³/mol. The molecule has 0 bridgehead atoms. The van der Waals surface area contributed by atoms with Crippen molar-refractivity contribution in [3.8, 4) is 6.07 Å². The van der Waals surface area contributed by atoms with Crippen LogP contribution in [0.1, 0.15) is 11.1 Å². The maximum atomic E-state index is 8.84. The maximum Gasteiger partial charge on any atom is 0.0991 e. The first-order chi connectivity index (χ1) is 8.69. The zero-order valence-electron chi connectivity index (χ0n) is 9.45. The van der Waals surface area contributed by atoms with E-state index in [1.165, 1.54) is 0 Å². The molecule has 0 fully saturated rings. The smallest absolute Gasteiger partial charge is 0.0991 e. The van der Waals surface area contributed by atoms with Gasteiger partial charge in [-0.25, -0.2) is 0 Å². The van der Waals surface area contributed by atoms with Crippen LogP contribution in [0.25, 0.3) is 0 Å². The van der Waals surface area contributed by atoms with Gasteiger partial charge in [-0.3, -0.25) is 0 Å². The summed E-state index contributed by atoms with van der Waals surface area (Å²) in [4.78, 5) is 0. The van der Waals surface area contributed by atoms with Crippen LogP contribution in [0, 0.1) is 11.3 Å². The maximum absolute atomic E-state index is 8.84. The number of nitrogens with zero attached hydrogens (tertiary/aromatic N) is 1. The first-order valence-corrected chi connectivity index (χ1v) is 6.95. The molecule has 0 amide bonds. The third-order valence-corrected chi connectivity index (χ3v) is 3.62. The van der Waals surface area contributed by atoms with Crippen LogP contribution in [0.2, 0.25) is 0 Å². The van der Waals surface area contributed by atoms with Gasteiger partial charge in [0, 0.05) is 21.2 Å². The van der Waals surface area contributed by atoms with Crippen molar-refractivity contribution in [2.45, 2.75) is 6.54 Å². The van der Waals surface area contributed by atoms with Gasteiger partial charge in [-0.2, -0.15) is 5.26 Å². The van der Waals surface area contributed by atoms with Gasteiger partial charge in [-0.05, 0) is 51.8 Å². The molecular weight excluding hydrogens is 356 g/mol. The van der Waals surface area contributed by atoms with Crippen molar-refractivity contribution in [3.63, 3.8) is 0 Å². The number of benzene rings is 2. The number of nitriles is 1. The molecule has 1 N–H and O–H groups in total. The number of hydrogen-bond acceptors (Lipinski definition) is 2. The molecule has 0 aliphatic rings. The summed E-state index contributed by atoms with van der Waals surface area (Å²) in [6, 6.07) is 15.7. The number of nitrogens with one attached hydrogen (secondary N) is 1. The molecule has 0 saturated heterocycles. The molecule has 0 unspecified atom stereocenters. The van der Waals surface area contributed by atoms with Crippen molar-refractivity contribution >= 4 is 37.5 Å². The first kappa shape index (κ1) is 13.1. The summed E-state index contributed by atoms with van der Waals surface area (Å²) in [6.45, 7) is 0.690. The van der Waals surface area contributed by atoms with Gasteiger partial charge < -0.3 is 5.32 Å². The lowest BCUT2D eigenvalue weighted by atomic mass is 10.1. The summed E-state index contributed by atoms with van der Waals surface area (Å²) in [5.74, 6) is 0. The van der Waals surface area contributed by atoms with E-state index in [2.05, 4.69) is 43.2 Å². The highest BCUT2D eigenvalue weighted by atomic mass is 79.9. The standard InChI is InChI=1S/C14H10Br2N2/c15-12-4-5-14(13(16)7-12)18-9-11-3-1-2-10(6-11)8-17/h1-7,18H,9H2. The Morgan fingerprint density at radius 3 is 2.67 bits per heavy atom. The predicted octanol–water partition coefficient (Wildman–Crippen LogP) is 4.70. The van der Waals surface area contributed by atoms with Crippen LogP contribution >= 0.6 is 31.9 Å². The number of halogens is 2. The van der Waals surface area contributed by atoms with E-state index in [0.29, 0.717) is 12.1 Å². The first-order valence-electron chi connectivity index (χ1n) is 5.37. The second-order valence-electron chi connectivity index (χ2n) is 3.79. The highest BCUT2D eigenvalue weighted by molar-refractivity contribution is 9.11. The third-order valence-electron chi connectivity index (χ3n) is 2.47. The van der Waals surface area contributed by atoms with E-state index in [0.717, 1.165) is 20.2 Å². The fourth-order valence-electron chi connectivity index (χ4n) is 1.58. The molecular formula is C14H10Br2N2. The lowest BCUT2D eigenvalue weighted by Crippen LogP contribution is -2.00. The Labute approximate surface area is 123 Å². The van der Waals surface area contributed by atoms with Crippen molar-refractivity contribution in [2.24, 2.45) is 0 Å². The molecule has 0 aliphatic heterocycles. The van der Waals surface area contributed by atoms with Crippen LogP contribution in [0.4, 0.5) is 5.69 Å². The Hall–Kier alpha value is -1.31.